The largest absolute Gasteiger partial charge is 0.494 e. The van der Waals surface area contributed by atoms with Crippen molar-refractivity contribution >= 4 is 27.7 Å². The molecule has 0 aromatic heterocycles. The van der Waals surface area contributed by atoms with Crippen molar-refractivity contribution in [2.75, 3.05) is 13.4 Å². The van der Waals surface area contributed by atoms with Crippen LogP contribution >= 0.6 is 27.7 Å². The van der Waals surface area contributed by atoms with Crippen molar-refractivity contribution < 1.29 is 9.57 Å². The Bertz CT molecular complexity index is 320. The molecule has 0 amide bonds. The lowest BCUT2D eigenvalue weighted by Gasteiger charge is -2.10. The van der Waals surface area contributed by atoms with Crippen LogP contribution in [-0.2, 0) is 11.4 Å². The molecule has 14 heavy (non-hydrogen) atoms. The van der Waals surface area contributed by atoms with E-state index in [9.17, 15) is 0 Å². The lowest BCUT2D eigenvalue weighted by atomic mass is 10.2. The summed E-state index contributed by atoms with van der Waals surface area (Å²) in [6.07, 6.45) is 2.00. The third-order valence-electron chi connectivity index (χ3n) is 1.74. The minimum atomic E-state index is 0.399. The van der Waals surface area contributed by atoms with Gasteiger partial charge < -0.3 is 4.74 Å². The first-order valence-corrected chi connectivity index (χ1v) is 5.96. The van der Waals surface area contributed by atoms with Gasteiger partial charge in [0.1, 0.15) is 5.75 Å². The molecule has 1 aromatic rings. The third kappa shape index (κ3) is 2.63. The van der Waals surface area contributed by atoms with Gasteiger partial charge in [-0.3, -0.25) is 4.84 Å². The van der Waals surface area contributed by atoms with Gasteiger partial charge in [-0.05, 0) is 39.9 Å². The maximum absolute atomic E-state index is 5.26. The van der Waals surface area contributed by atoms with Crippen molar-refractivity contribution in [3.8, 4) is 5.75 Å². The molecule has 2 N–H and O–H groups in total. The fourth-order valence-corrected chi connectivity index (χ4v) is 2.60. The predicted molar refractivity (Wildman–Crippen MR) is 61.5 cm³/mol. The smallest absolute Gasteiger partial charge is 0.146 e. The number of ether oxygens (including phenoxy) is 1. The van der Waals surface area contributed by atoms with E-state index in [1.54, 1.807) is 18.9 Å². The van der Waals surface area contributed by atoms with E-state index >= 15 is 0 Å². The third-order valence-corrected chi connectivity index (χ3v) is 3.08. The molecule has 0 saturated heterocycles. The molecule has 0 aliphatic heterocycles. The van der Waals surface area contributed by atoms with Crippen LogP contribution in [0.1, 0.15) is 5.56 Å². The van der Waals surface area contributed by atoms with Crippen molar-refractivity contribution in [1.82, 2.24) is 0 Å². The number of benzene rings is 1. The van der Waals surface area contributed by atoms with Crippen molar-refractivity contribution in [3.63, 3.8) is 0 Å². The van der Waals surface area contributed by atoms with E-state index in [1.165, 1.54) is 0 Å². The lowest BCUT2D eigenvalue weighted by Crippen LogP contribution is -1.99. The van der Waals surface area contributed by atoms with Crippen LogP contribution in [-0.4, -0.2) is 13.4 Å². The molecule has 0 unspecified atom stereocenters. The number of halogens is 1. The number of thioether (sulfide) groups is 1. The molecule has 5 heteroatoms. The molecule has 0 radical (unpaired) electrons. The Morgan fingerprint density at radius 3 is 2.71 bits per heavy atom. The van der Waals surface area contributed by atoms with E-state index in [4.69, 9.17) is 10.6 Å². The Labute approximate surface area is 96.0 Å². The van der Waals surface area contributed by atoms with Gasteiger partial charge in [-0.1, -0.05) is 0 Å². The van der Waals surface area contributed by atoms with E-state index < -0.39 is 0 Å². The Morgan fingerprint density at radius 1 is 1.50 bits per heavy atom. The van der Waals surface area contributed by atoms with Gasteiger partial charge in [0.15, 0.2) is 0 Å². The molecular formula is C9H12BrNO2S. The Balaban J connectivity index is 3.10. The van der Waals surface area contributed by atoms with Gasteiger partial charge in [0, 0.05) is 0 Å². The highest BCUT2D eigenvalue weighted by Gasteiger charge is 2.08. The van der Waals surface area contributed by atoms with Crippen LogP contribution in [0.2, 0.25) is 0 Å². The maximum atomic E-state index is 5.26. The Morgan fingerprint density at radius 2 is 2.21 bits per heavy atom. The predicted octanol–water partition coefficient (Wildman–Crippen LogP) is 2.57. The minimum absolute atomic E-state index is 0.399. The van der Waals surface area contributed by atoms with Gasteiger partial charge in [-0.15, -0.1) is 11.8 Å². The monoisotopic (exact) mass is 277 g/mol. The van der Waals surface area contributed by atoms with Gasteiger partial charge in [0.2, 0.25) is 0 Å². The fraction of sp³-hybridized carbons (Fsp3) is 0.333. The van der Waals surface area contributed by atoms with E-state index in [1.807, 2.05) is 18.4 Å². The number of hydrogen-bond acceptors (Lipinski definition) is 4. The average Bonchev–Trinajstić information content (AvgIpc) is 2.17. The summed E-state index contributed by atoms with van der Waals surface area (Å²) in [6.45, 7) is 0.399. The zero-order valence-electron chi connectivity index (χ0n) is 8.04. The van der Waals surface area contributed by atoms with Crippen molar-refractivity contribution in [2.24, 2.45) is 5.90 Å². The normalized spacial score (nSPS) is 10.3. The standard InChI is InChI=1S/C9H12BrNO2S/c1-12-9-7(10)3-6(5-13-11)4-8(9)14-2/h3-4H,5,11H2,1-2H3. The second-order valence-electron chi connectivity index (χ2n) is 2.62. The van der Waals surface area contributed by atoms with E-state index in [0.717, 1.165) is 20.7 Å². The second-order valence-corrected chi connectivity index (χ2v) is 4.33. The van der Waals surface area contributed by atoms with Crippen LogP contribution in [0.3, 0.4) is 0 Å². The summed E-state index contributed by atoms with van der Waals surface area (Å²) in [5, 5.41) is 0. The highest BCUT2D eigenvalue weighted by Crippen LogP contribution is 2.36. The summed E-state index contributed by atoms with van der Waals surface area (Å²) >= 11 is 5.06. The van der Waals surface area contributed by atoms with Gasteiger partial charge in [-0.25, -0.2) is 5.90 Å². The Hall–Kier alpha value is -0.230. The molecule has 0 fully saturated rings. The average molecular weight is 278 g/mol. The van der Waals surface area contributed by atoms with E-state index in [0.29, 0.717) is 6.61 Å². The maximum Gasteiger partial charge on any atom is 0.146 e. The SMILES string of the molecule is COc1c(Br)cc(CON)cc1SC. The van der Waals surface area contributed by atoms with Gasteiger partial charge in [0.05, 0.1) is 23.1 Å². The second kappa shape index (κ2) is 5.60. The molecule has 0 aliphatic carbocycles. The van der Waals surface area contributed by atoms with Crippen molar-refractivity contribution in [2.45, 2.75) is 11.5 Å². The zero-order valence-corrected chi connectivity index (χ0v) is 10.4. The number of hydrogen-bond donors (Lipinski definition) is 1. The molecule has 3 nitrogen and oxygen atoms in total. The summed E-state index contributed by atoms with van der Waals surface area (Å²) in [5.74, 6) is 5.86. The van der Waals surface area contributed by atoms with Crippen LogP contribution in [0.4, 0.5) is 0 Å². The first kappa shape index (κ1) is 11.8. The molecule has 0 spiro atoms. The first-order chi connectivity index (χ1) is 6.72. The Kier molecular flexibility index (Phi) is 4.74. The summed E-state index contributed by atoms with van der Waals surface area (Å²) in [5.41, 5.74) is 1.02. The van der Waals surface area contributed by atoms with Crippen LogP contribution in [0.15, 0.2) is 21.5 Å². The van der Waals surface area contributed by atoms with Crippen molar-refractivity contribution in [1.29, 1.82) is 0 Å². The molecule has 1 aromatic carbocycles. The molecular weight excluding hydrogens is 266 g/mol. The summed E-state index contributed by atoms with van der Waals surface area (Å²) in [7, 11) is 1.65. The number of methoxy groups -OCH3 is 1. The summed E-state index contributed by atoms with van der Waals surface area (Å²) in [6, 6.07) is 3.94. The number of rotatable bonds is 4. The molecule has 0 heterocycles. The van der Waals surface area contributed by atoms with Gasteiger partial charge in [0.25, 0.3) is 0 Å². The fourth-order valence-electron chi connectivity index (χ4n) is 1.15. The molecule has 0 saturated carbocycles. The van der Waals surface area contributed by atoms with Crippen LogP contribution in [0.25, 0.3) is 0 Å². The highest BCUT2D eigenvalue weighted by molar-refractivity contribution is 9.10. The van der Waals surface area contributed by atoms with E-state index in [2.05, 4.69) is 20.8 Å². The highest BCUT2D eigenvalue weighted by atomic mass is 79.9. The minimum Gasteiger partial charge on any atom is -0.494 e. The van der Waals surface area contributed by atoms with Crippen LogP contribution < -0.4 is 10.6 Å². The topological polar surface area (TPSA) is 44.5 Å². The molecule has 0 bridgehead atoms. The lowest BCUT2D eigenvalue weighted by molar-refractivity contribution is 0.124. The van der Waals surface area contributed by atoms with Gasteiger partial charge >= 0.3 is 0 Å². The molecule has 0 aliphatic rings. The first-order valence-electron chi connectivity index (χ1n) is 3.95. The molecule has 1 rings (SSSR count). The van der Waals surface area contributed by atoms with Crippen LogP contribution in [0.5, 0.6) is 5.75 Å². The summed E-state index contributed by atoms with van der Waals surface area (Å²) < 4.78 is 6.18. The zero-order chi connectivity index (χ0) is 10.6. The molecule has 78 valence electrons. The molecule has 0 atom stereocenters. The van der Waals surface area contributed by atoms with Crippen molar-refractivity contribution in [3.05, 3.63) is 22.2 Å². The quantitative estimate of drug-likeness (QED) is 0.679. The summed E-state index contributed by atoms with van der Waals surface area (Å²) in [4.78, 5) is 5.65. The van der Waals surface area contributed by atoms with E-state index in [-0.39, 0.29) is 0 Å². The van der Waals surface area contributed by atoms with Gasteiger partial charge in [-0.2, -0.15) is 0 Å². The number of nitrogens with two attached hydrogens (primary N) is 1. The van der Waals surface area contributed by atoms with Crippen LogP contribution in [0, 0.1) is 0 Å².